The maximum absolute atomic E-state index is 13.3. The van der Waals surface area contributed by atoms with Gasteiger partial charge >= 0.3 is 6.03 Å². The molecule has 2 N–H and O–H groups in total. The largest absolute Gasteiger partial charge is 0.490 e. The Labute approximate surface area is 213 Å². The fourth-order valence-electron chi connectivity index (χ4n) is 4.28. The Morgan fingerprint density at radius 2 is 1.62 bits per heavy atom. The van der Waals surface area contributed by atoms with E-state index in [1.165, 1.54) is 0 Å². The lowest BCUT2D eigenvalue weighted by molar-refractivity contribution is -0.130. The van der Waals surface area contributed by atoms with E-state index in [0.29, 0.717) is 47.1 Å². The highest BCUT2D eigenvalue weighted by Crippen LogP contribution is 2.36. The fraction of sp³-hybridized carbons (Fsp3) is 0.214. The normalized spacial score (nSPS) is 18.7. The molecule has 0 aromatic heterocycles. The molecule has 0 saturated carbocycles. The number of Topliss-reactive ketones (excluding diaryl/α,β-unsaturated/α-hetero) is 1. The van der Waals surface area contributed by atoms with Gasteiger partial charge in [0.2, 0.25) is 0 Å². The van der Waals surface area contributed by atoms with Gasteiger partial charge in [-0.15, -0.1) is 0 Å². The van der Waals surface area contributed by atoms with Crippen molar-refractivity contribution in [2.75, 3.05) is 25.1 Å². The van der Waals surface area contributed by atoms with E-state index in [4.69, 9.17) is 9.47 Å². The molecule has 9 nitrogen and oxygen atoms in total. The molecule has 3 aromatic carbocycles. The summed E-state index contributed by atoms with van der Waals surface area (Å²) in [6, 6.07) is 19.5. The number of hydrogen-bond acceptors (Lipinski definition) is 6. The van der Waals surface area contributed by atoms with Crippen LogP contribution in [0.4, 0.5) is 10.5 Å². The number of anilines is 1. The lowest BCUT2D eigenvalue weighted by Gasteiger charge is -2.23. The summed E-state index contributed by atoms with van der Waals surface area (Å²) in [5.41, 5.74) is 0.513. The predicted octanol–water partition coefficient (Wildman–Crippen LogP) is 3.75. The third kappa shape index (κ3) is 4.75. The van der Waals surface area contributed by atoms with Crippen molar-refractivity contribution >= 4 is 29.3 Å². The molecule has 0 spiro atoms. The molecule has 2 heterocycles. The molecule has 0 radical (unpaired) electrons. The molecule has 0 aliphatic carbocycles. The summed E-state index contributed by atoms with van der Waals surface area (Å²) in [6.07, 6.45) is 0.743. The smallest absolute Gasteiger partial charge is 0.325 e. The summed E-state index contributed by atoms with van der Waals surface area (Å²) in [5, 5.41) is 5.48. The van der Waals surface area contributed by atoms with Gasteiger partial charge in [0.15, 0.2) is 17.3 Å². The quantitative estimate of drug-likeness (QED) is 0.395. The molecule has 188 valence electrons. The van der Waals surface area contributed by atoms with Crippen LogP contribution < -0.4 is 20.1 Å². The summed E-state index contributed by atoms with van der Waals surface area (Å²) in [7, 11) is 0. The molecule has 2 aliphatic rings. The molecule has 1 saturated heterocycles. The number of nitrogens with zero attached hydrogens (tertiary/aromatic N) is 1. The van der Waals surface area contributed by atoms with Crippen molar-refractivity contribution in [3.05, 3.63) is 89.5 Å². The van der Waals surface area contributed by atoms with Gasteiger partial charge in [0.05, 0.1) is 19.8 Å². The molecule has 3 aromatic rings. The zero-order chi connectivity index (χ0) is 26.0. The fourth-order valence-corrected chi connectivity index (χ4v) is 4.28. The standard InChI is InChI=1S/C28H25N3O6/c1-28(20-10-13-23-24(16-20)37-15-5-14-36-23)26(34)31(27(35)30-28)17-22(32)18-8-11-21(12-9-18)29-25(33)19-6-3-2-4-7-19/h2-4,6-13,16H,5,14-15,17H2,1H3,(H,29,33)(H,30,35). The van der Waals surface area contributed by atoms with Gasteiger partial charge in [-0.25, -0.2) is 4.79 Å². The predicted molar refractivity (Wildman–Crippen MR) is 135 cm³/mol. The monoisotopic (exact) mass is 499 g/mol. The van der Waals surface area contributed by atoms with Crippen LogP contribution in [-0.2, 0) is 10.3 Å². The van der Waals surface area contributed by atoms with E-state index in [1.54, 1.807) is 73.7 Å². The SMILES string of the molecule is CC1(c2ccc3c(c2)OCCCO3)NC(=O)N(CC(=O)c2ccc(NC(=O)c3ccccc3)cc2)C1=O. The lowest BCUT2D eigenvalue weighted by Crippen LogP contribution is -2.41. The molecule has 37 heavy (non-hydrogen) atoms. The minimum Gasteiger partial charge on any atom is -0.490 e. The maximum Gasteiger partial charge on any atom is 0.325 e. The Morgan fingerprint density at radius 3 is 2.35 bits per heavy atom. The molecule has 5 rings (SSSR count). The number of urea groups is 1. The molecule has 1 atom stereocenters. The number of amides is 4. The second-order valence-electron chi connectivity index (χ2n) is 8.98. The van der Waals surface area contributed by atoms with Crippen molar-refractivity contribution in [1.82, 2.24) is 10.2 Å². The maximum atomic E-state index is 13.3. The van der Waals surface area contributed by atoms with Crippen LogP contribution in [0.2, 0.25) is 0 Å². The zero-order valence-corrected chi connectivity index (χ0v) is 20.2. The third-order valence-corrected chi connectivity index (χ3v) is 6.40. The van der Waals surface area contributed by atoms with Gasteiger partial charge in [-0.2, -0.15) is 0 Å². The van der Waals surface area contributed by atoms with Gasteiger partial charge < -0.3 is 20.1 Å². The highest BCUT2D eigenvalue weighted by molar-refractivity contribution is 6.11. The number of hydrogen-bond donors (Lipinski definition) is 2. The molecular formula is C28H25N3O6. The van der Waals surface area contributed by atoms with Gasteiger partial charge in [-0.1, -0.05) is 24.3 Å². The summed E-state index contributed by atoms with van der Waals surface area (Å²) < 4.78 is 11.4. The Hall–Kier alpha value is -4.66. The highest BCUT2D eigenvalue weighted by atomic mass is 16.5. The van der Waals surface area contributed by atoms with Crippen LogP contribution in [0.25, 0.3) is 0 Å². The number of rotatable bonds is 6. The number of ketones is 1. The van der Waals surface area contributed by atoms with Crippen LogP contribution in [0.15, 0.2) is 72.8 Å². The summed E-state index contributed by atoms with van der Waals surface area (Å²) in [4.78, 5) is 52.2. The summed E-state index contributed by atoms with van der Waals surface area (Å²) in [5.74, 6) is -0.128. The first-order valence-corrected chi connectivity index (χ1v) is 11.9. The summed E-state index contributed by atoms with van der Waals surface area (Å²) >= 11 is 0. The molecule has 9 heteroatoms. The van der Waals surface area contributed by atoms with Crippen LogP contribution in [0.5, 0.6) is 11.5 Å². The van der Waals surface area contributed by atoms with Gasteiger partial charge in [-0.05, 0) is 61.0 Å². The van der Waals surface area contributed by atoms with E-state index in [9.17, 15) is 19.2 Å². The molecule has 2 aliphatic heterocycles. The van der Waals surface area contributed by atoms with E-state index in [0.717, 1.165) is 11.3 Å². The van der Waals surface area contributed by atoms with E-state index in [1.807, 2.05) is 6.07 Å². The van der Waals surface area contributed by atoms with Gasteiger partial charge in [-0.3, -0.25) is 19.3 Å². The van der Waals surface area contributed by atoms with Crippen LogP contribution in [0, 0.1) is 0 Å². The van der Waals surface area contributed by atoms with Gasteiger partial charge in [0, 0.05) is 23.2 Å². The Bertz CT molecular complexity index is 1370. The summed E-state index contributed by atoms with van der Waals surface area (Å²) in [6.45, 7) is 2.21. The van der Waals surface area contributed by atoms with Gasteiger partial charge in [0.1, 0.15) is 5.54 Å². The second-order valence-corrected chi connectivity index (χ2v) is 8.98. The molecular weight excluding hydrogens is 474 g/mol. The minimum atomic E-state index is -1.35. The van der Waals surface area contributed by atoms with Crippen molar-refractivity contribution in [2.24, 2.45) is 0 Å². The number of fused-ring (bicyclic) bond motifs is 1. The lowest BCUT2D eigenvalue weighted by atomic mass is 9.91. The number of nitrogens with one attached hydrogen (secondary N) is 2. The van der Waals surface area contributed by atoms with Crippen molar-refractivity contribution in [3.63, 3.8) is 0 Å². The molecule has 4 amide bonds. The Morgan fingerprint density at radius 1 is 0.919 bits per heavy atom. The van der Waals surface area contributed by atoms with Crippen LogP contribution >= 0.6 is 0 Å². The third-order valence-electron chi connectivity index (χ3n) is 6.40. The van der Waals surface area contributed by atoms with Crippen LogP contribution in [-0.4, -0.2) is 48.3 Å². The number of benzene rings is 3. The first kappa shape index (κ1) is 24.1. The number of imide groups is 1. The van der Waals surface area contributed by atoms with E-state index < -0.39 is 29.8 Å². The zero-order valence-electron chi connectivity index (χ0n) is 20.2. The molecule has 1 fully saturated rings. The van der Waals surface area contributed by atoms with Crippen LogP contribution in [0.3, 0.4) is 0 Å². The van der Waals surface area contributed by atoms with Crippen molar-refractivity contribution in [2.45, 2.75) is 18.9 Å². The first-order chi connectivity index (χ1) is 17.8. The van der Waals surface area contributed by atoms with Crippen molar-refractivity contribution in [1.29, 1.82) is 0 Å². The Kier molecular flexibility index (Phi) is 6.35. The topological polar surface area (TPSA) is 114 Å². The van der Waals surface area contributed by atoms with E-state index >= 15 is 0 Å². The minimum absolute atomic E-state index is 0.270. The molecule has 1 unspecified atom stereocenters. The van der Waals surface area contributed by atoms with Gasteiger partial charge in [0.25, 0.3) is 11.8 Å². The number of carbonyl (C=O) groups excluding carboxylic acids is 4. The van der Waals surface area contributed by atoms with Crippen LogP contribution in [0.1, 0.15) is 39.6 Å². The first-order valence-electron chi connectivity index (χ1n) is 11.9. The second kappa shape index (κ2) is 9.77. The molecule has 0 bridgehead atoms. The van der Waals surface area contributed by atoms with Crippen molar-refractivity contribution in [3.8, 4) is 11.5 Å². The number of ether oxygens (including phenoxy) is 2. The van der Waals surface area contributed by atoms with E-state index in [-0.39, 0.29) is 5.91 Å². The number of carbonyl (C=O) groups is 4. The highest BCUT2D eigenvalue weighted by Gasteiger charge is 2.49. The van der Waals surface area contributed by atoms with E-state index in [2.05, 4.69) is 10.6 Å². The Balaban J connectivity index is 1.27. The van der Waals surface area contributed by atoms with Crippen molar-refractivity contribution < 1.29 is 28.7 Å². The average Bonchev–Trinajstić information content (AvgIpc) is 3.06. The average molecular weight is 500 g/mol.